The minimum absolute atomic E-state index is 0.269. The molecule has 2 aromatic carbocycles. The number of halogens is 1. The molecule has 1 saturated heterocycles. The fourth-order valence-electron chi connectivity index (χ4n) is 2.84. The van der Waals surface area contributed by atoms with Crippen LogP contribution in [0.4, 0.5) is 0 Å². The maximum absolute atomic E-state index is 13.1. The van der Waals surface area contributed by atoms with Crippen molar-refractivity contribution < 1.29 is 8.42 Å². The molecule has 0 N–H and O–H groups in total. The summed E-state index contributed by atoms with van der Waals surface area (Å²) in [4.78, 5) is 0.377. The molecule has 2 aromatic rings. The van der Waals surface area contributed by atoms with Gasteiger partial charge in [-0.05, 0) is 37.1 Å². The monoisotopic (exact) mass is 367 g/mol. The quantitative estimate of drug-likeness (QED) is 0.807. The number of rotatable bonds is 3. The van der Waals surface area contributed by atoms with Crippen molar-refractivity contribution in [3.8, 4) is 0 Å². The van der Waals surface area contributed by atoms with Crippen molar-refractivity contribution >= 4 is 33.4 Å². The van der Waals surface area contributed by atoms with Crippen LogP contribution in [-0.4, -0.2) is 25.0 Å². The van der Waals surface area contributed by atoms with E-state index in [1.54, 1.807) is 28.2 Å². The molecule has 0 amide bonds. The average molecular weight is 368 g/mol. The molecule has 23 heavy (non-hydrogen) atoms. The Bertz CT molecular complexity index is 836. The fourth-order valence-corrected chi connectivity index (χ4v) is 6.62. The van der Waals surface area contributed by atoms with Gasteiger partial charge in [-0.2, -0.15) is 4.31 Å². The second-order valence-electron chi connectivity index (χ2n) is 5.63. The number of hydrogen-bond acceptors (Lipinski definition) is 3. The maximum atomic E-state index is 13.1. The van der Waals surface area contributed by atoms with Gasteiger partial charge in [0.15, 0.2) is 0 Å². The molecule has 1 aliphatic heterocycles. The van der Waals surface area contributed by atoms with Crippen molar-refractivity contribution in [1.29, 1.82) is 0 Å². The number of aryl methyl sites for hydroxylation is 2. The first-order chi connectivity index (χ1) is 10.9. The number of hydrogen-bond donors (Lipinski definition) is 0. The molecule has 0 spiro atoms. The van der Waals surface area contributed by atoms with Crippen LogP contribution < -0.4 is 0 Å². The highest BCUT2D eigenvalue weighted by Crippen LogP contribution is 2.43. The molecule has 122 valence electrons. The molecule has 1 heterocycles. The van der Waals surface area contributed by atoms with Crippen LogP contribution in [0.25, 0.3) is 0 Å². The van der Waals surface area contributed by atoms with Crippen LogP contribution in [0.3, 0.4) is 0 Å². The van der Waals surface area contributed by atoms with E-state index >= 15 is 0 Å². The molecule has 0 aliphatic carbocycles. The van der Waals surface area contributed by atoms with Gasteiger partial charge in [-0.15, -0.1) is 11.8 Å². The summed E-state index contributed by atoms with van der Waals surface area (Å²) in [7, 11) is -3.55. The molecule has 0 radical (unpaired) electrons. The molecule has 0 aromatic heterocycles. The normalized spacial score (nSPS) is 19.2. The van der Waals surface area contributed by atoms with Gasteiger partial charge in [0.05, 0.1) is 10.3 Å². The van der Waals surface area contributed by atoms with E-state index in [1.807, 2.05) is 44.2 Å². The molecular weight excluding hydrogens is 350 g/mol. The van der Waals surface area contributed by atoms with E-state index in [0.717, 1.165) is 22.4 Å². The van der Waals surface area contributed by atoms with Gasteiger partial charge >= 0.3 is 0 Å². The lowest BCUT2D eigenvalue weighted by Crippen LogP contribution is -2.31. The Kier molecular flexibility index (Phi) is 4.74. The Hall–Kier alpha value is -1.01. The minimum atomic E-state index is -3.55. The summed E-state index contributed by atoms with van der Waals surface area (Å²) in [5.74, 6) is 0.764. The van der Waals surface area contributed by atoms with E-state index < -0.39 is 10.0 Å². The van der Waals surface area contributed by atoms with Gasteiger partial charge in [0.2, 0.25) is 10.0 Å². The number of nitrogens with zero attached hydrogens (tertiary/aromatic N) is 1. The SMILES string of the molecule is Cc1ccc(S(=O)(=O)N2CCS[C@H]2c2ccccc2Cl)c(C)c1. The van der Waals surface area contributed by atoms with Gasteiger partial charge in [0.25, 0.3) is 0 Å². The first-order valence-corrected chi connectivity index (χ1v) is 10.2. The van der Waals surface area contributed by atoms with E-state index in [9.17, 15) is 8.42 Å². The lowest BCUT2D eigenvalue weighted by atomic mass is 10.2. The first kappa shape index (κ1) is 16.8. The summed E-state index contributed by atoms with van der Waals surface area (Å²) in [5, 5.41) is 0.335. The summed E-state index contributed by atoms with van der Waals surface area (Å²) in [6, 6.07) is 12.9. The van der Waals surface area contributed by atoms with E-state index in [-0.39, 0.29) is 5.37 Å². The highest BCUT2D eigenvalue weighted by Gasteiger charge is 2.38. The Balaban J connectivity index is 2.04. The zero-order valence-electron chi connectivity index (χ0n) is 13.0. The third kappa shape index (κ3) is 3.15. The standard InChI is InChI=1S/C17H18ClNO2S2/c1-12-7-8-16(13(2)11-12)23(20,21)19-9-10-22-17(19)14-5-3-4-6-15(14)18/h3-8,11,17H,9-10H2,1-2H3/t17-/m0/s1. The summed E-state index contributed by atoms with van der Waals surface area (Å²) >= 11 is 7.89. The fraction of sp³-hybridized carbons (Fsp3) is 0.294. The summed E-state index contributed by atoms with van der Waals surface area (Å²) in [6.45, 7) is 4.30. The van der Waals surface area contributed by atoms with Crippen LogP contribution in [0.15, 0.2) is 47.4 Å². The second-order valence-corrected chi connectivity index (χ2v) is 9.08. The van der Waals surface area contributed by atoms with Crippen molar-refractivity contribution in [2.75, 3.05) is 12.3 Å². The van der Waals surface area contributed by atoms with E-state index in [2.05, 4.69) is 0 Å². The summed E-state index contributed by atoms with van der Waals surface area (Å²) in [6.07, 6.45) is 0. The van der Waals surface area contributed by atoms with Crippen molar-refractivity contribution in [2.24, 2.45) is 0 Å². The predicted molar refractivity (Wildman–Crippen MR) is 96.5 cm³/mol. The highest BCUT2D eigenvalue weighted by molar-refractivity contribution is 8.01. The van der Waals surface area contributed by atoms with Crippen LogP contribution in [0.2, 0.25) is 5.02 Å². The van der Waals surface area contributed by atoms with Crippen LogP contribution in [0, 0.1) is 13.8 Å². The van der Waals surface area contributed by atoms with Crippen LogP contribution in [0.1, 0.15) is 22.1 Å². The molecule has 0 saturated carbocycles. The molecule has 0 unspecified atom stereocenters. The Morgan fingerprint density at radius 1 is 1.17 bits per heavy atom. The van der Waals surface area contributed by atoms with E-state index in [1.165, 1.54) is 0 Å². The van der Waals surface area contributed by atoms with E-state index in [0.29, 0.717) is 16.5 Å². The predicted octanol–water partition coefficient (Wildman–Crippen LogP) is 4.39. The lowest BCUT2D eigenvalue weighted by molar-refractivity contribution is 0.434. The number of thioether (sulfide) groups is 1. The maximum Gasteiger partial charge on any atom is 0.244 e. The van der Waals surface area contributed by atoms with Crippen molar-refractivity contribution in [1.82, 2.24) is 4.31 Å². The van der Waals surface area contributed by atoms with Crippen molar-refractivity contribution in [3.05, 3.63) is 64.2 Å². The van der Waals surface area contributed by atoms with E-state index in [4.69, 9.17) is 11.6 Å². The molecular formula is C17H18ClNO2S2. The third-order valence-corrected chi connectivity index (χ3v) is 7.68. The third-order valence-electron chi connectivity index (χ3n) is 3.94. The van der Waals surface area contributed by atoms with Gasteiger partial charge in [0.1, 0.15) is 0 Å². The second kappa shape index (κ2) is 6.48. The number of sulfonamides is 1. The summed E-state index contributed by atoms with van der Waals surface area (Å²) < 4.78 is 27.8. The van der Waals surface area contributed by atoms with Crippen LogP contribution in [0.5, 0.6) is 0 Å². The molecule has 6 heteroatoms. The zero-order chi connectivity index (χ0) is 16.6. The number of benzene rings is 2. The molecule has 3 nitrogen and oxygen atoms in total. The smallest absolute Gasteiger partial charge is 0.207 e. The first-order valence-electron chi connectivity index (χ1n) is 7.36. The molecule has 1 fully saturated rings. The molecule has 1 aliphatic rings. The minimum Gasteiger partial charge on any atom is -0.207 e. The molecule has 0 bridgehead atoms. The molecule has 1 atom stereocenters. The zero-order valence-corrected chi connectivity index (χ0v) is 15.4. The van der Waals surface area contributed by atoms with Gasteiger partial charge in [0, 0.05) is 17.3 Å². The Morgan fingerprint density at radius 2 is 1.91 bits per heavy atom. The Labute approximate surface area is 146 Å². The van der Waals surface area contributed by atoms with Crippen LogP contribution in [-0.2, 0) is 10.0 Å². The van der Waals surface area contributed by atoms with Gasteiger partial charge < -0.3 is 0 Å². The van der Waals surface area contributed by atoms with Gasteiger partial charge in [-0.1, -0.05) is 47.5 Å². The van der Waals surface area contributed by atoms with Crippen molar-refractivity contribution in [3.63, 3.8) is 0 Å². The average Bonchev–Trinajstić information content (AvgIpc) is 2.97. The van der Waals surface area contributed by atoms with Gasteiger partial charge in [-0.3, -0.25) is 0 Å². The highest BCUT2D eigenvalue weighted by atomic mass is 35.5. The summed E-state index contributed by atoms with van der Waals surface area (Å²) in [5.41, 5.74) is 2.68. The molecule has 3 rings (SSSR count). The van der Waals surface area contributed by atoms with Crippen molar-refractivity contribution in [2.45, 2.75) is 24.1 Å². The largest absolute Gasteiger partial charge is 0.244 e. The Morgan fingerprint density at radius 3 is 2.61 bits per heavy atom. The topological polar surface area (TPSA) is 37.4 Å². The lowest BCUT2D eigenvalue weighted by Gasteiger charge is -2.25. The van der Waals surface area contributed by atoms with Crippen LogP contribution >= 0.6 is 23.4 Å². The van der Waals surface area contributed by atoms with Gasteiger partial charge in [-0.25, -0.2) is 8.42 Å².